The lowest BCUT2D eigenvalue weighted by atomic mass is 10.0. The SMILES string of the molecule is CCc1occc1C(O)c1cscc1Br. The minimum Gasteiger partial charge on any atom is -0.469 e. The fourth-order valence-corrected chi connectivity index (χ4v) is 3.07. The molecule has 0 amide bonds. The quantitative estimate of drug-likeness (QED) is 0.932. The predicted molar refractivity (Wildman–Crippen MR) is 64.2 cm³/mol. The molecule has 4 heteroatoms. The number of furan rings is 1. The third-order valence-corrected chi connectivity index (χ3v) is 4.08. The van der Waals surface area contributed by atoms with Gasteiger partial charge in [-0.15, -0.1) is 0 Å². The zero-order valence-corrected chi connectivity index (χ0v) is 10.6. The summed E-state index contributed by atoms with van der Waals surface area (Å²) in [7, 11) is 0. The maximum Gasteiger partial charge on any atom is 0.109 e. The highest BCUT2D eigenvalue weighted by Gasteiger charge is 2.18. The second-order valence-electron chi connectivity index (χ2n) is 3.23. The average molecular weight is 287 g/mol. The van der Waals surface area contributed by atoms with Crippen LogP contribution < -0.4 is 0 Å². The highest BCUT2D eigenvalue weighted by molar-refractivity contribution is 9.10. The van der Waals surface area contributed by atoms with Crippen LogP contribution in [0, 0.1) is 0 Å². The van der Waals surface area contributed by atoms with Gasteiger partial charge in [0.15, 0.2) is 0 Å². The van der Waals surface area contributed by atoms with Gasteiger partial charge in [-0.05, 0) is 27.4 Å². The van der Waals surface area contributed by atoms with E-state index < -0.39 is 6.10 Å². The number of hydrogen-bond acceptors (Lipinski definition) is 3. The van der Waals surface area contributed by atoms with Crippen LogP contribution in [0.2, 0.25) is 0 Å². The molecule has 1 N–H and O–H groups in total. The molecule has 0 aromatic carbocycles. The maximum absolute atomic E-state index is 10.2. The molecule has 0 aliphatic rings. The third kappa shape index (κ3) is 2.02. The molecule has 0 radical (unpaired) electrons. The lowest BCUT2D eigenvalue weighted by Gasteiger charge is -2.09. The number of aliphatic hydroxyl groups is 1. The lowest BCUT2D eigenvalue weighted by Crippen LogP contribution is -2.00. The van der Waals surface area contributed by atoms with E-state index in [1.165, 1.54) is 0 Å². The van der Waals surface area contributed by atoms with E-state index in [2.05, 4.69) is 15.9 Å². The molecule has 0 aliphatic heterocycles. The molecule has 80 valence electrons. The van der Waals surface area contributed by atoms with Crippen molar-refractivity contribution < 1.29 is 9.52 Å². The van der Waals surface area contributed by atoms with Gasteiger partial charge in [-0.1, -0.05) is 6.92 Å². The molecule has 0 aliphatic carbocycles. The van der Waals surface area contributed by atoms with Crippen molar-refractivity contribution in [3.8, 4) is 0 Å². The largest absolute Gasteiger partial charge is 0.469 e. The van der Waals surface area contributed by atoms with Gasteiger partial charge in [0.1, 0.15) is 11.9 Å². The van der Waals surface area contributed by atoms with Crippen LogP contribution in [-0.2, 0) is 6.42 Å². The van der Waals surface area contributed by atoms with Crippen molar-refractivity contribution >= 4 is 27.3 Å². The molecule has 1 unspecified atom stereocenters. The molecular formula is C11H11BrO2S. The number of aryl methyl sites for hydroxylation is 1. The summed E-state index contributed by atoms with van der Waals surface area (Å²) in [6, 6.07) is 1.83. The number of rotatable bonds is 3. The van der Waals surface area contributed by atoms with E-state index in [1.54, 1.807) is 17.6 Å². The molecular weight excluding hydrogens is 276 g/mol. The maximum atomic E-state index is 10.2. The minimum absolute atomic E-state index is 0.598. The Balaban J connectivity index is 2.36. The van der Waals surface area contributed by atoms with Gasteiger partial charge < -0.3 is 9.52 Å². The fraction of sp³-hybridized carbons (Fsp3) is 0.273. The number of halogens is 1. The van der Waals surface area contributed by atoms with E-state index in [-0.39, 0.29) is 0 Å². The molecule has 0 spiro atoms. The van der Waals surface area contributed by atoms with Crippen LogP contribution in [0.5, 0.6) is 0 Å². The Labute approximate surface area is 101 Å². The molecule has 2 aromatic rings. The van der Waals surface area contributed by atoms with E-state index in [0.717, 1.165) is 27.8 Å². The van der Waals surface area contributed by atoms with Gasteiger partial charge in [0, 0.05) is 27.4 Å². The average Bonchev–Trinajstić information content (AvgIpc) is 2.84. The van der Waals surface area contributed by atoms with E-state index in [0.29, 0.717) is 0 Å². The van der Waals surface area contributed by atoms with E-state index in [4.69, 9.17) is 4.42 Å². The van der Waals surface area contributed by atoms with Crippen LogP contribution in [0.25, 0.3) is 0 Å². The molecule has 0 bridgehead atoms. The van der Waals surface area contributed by atoms with Crippen molar-refractivity contribution in [2.75, 3.05) is 0 Å². The molecule has 2 rings (SSSR count). The Kier molecular flexibility index (Phi) is 3.29. The van der Waals surface area contributed by atoms with Crippen molar-refractivity contribution in [2.24, 2.45) is 0 Å². The normalized spacial score (nSPS) is 13.0. The van der Waals surface area contributed by atoms with Gasteiger partial charge in [0.25, 0.3) is 0 Å². The van der Waals surface area contributed by atoms with Crippen molar-refractivity contribution in [1.29, 1.82) is 0 Å². The summed E-state index contributed by atoms with van der Waals surface area (Å²) >= 11 is 4.99. The Morgan fingerprint density at radius 2 is 2.27 bits per heavy atom. The van der Waals surface area contributed by atoms with Gasteiger partial charge in [0.05, 0.1) is 6.26 Å². The van der Waals surface area contributed by atoms with Crippen molar-refractivity contribution in [3.05, 3.63) is 44.4 Å². The third-order valence-electron chi connectivity index (χ3n) is 2.33. The first-order valence-corrected chi connectivity index (χ1v) is 6.43. The van der Waals surface area contributed by atoms with Gasteiger partial charge in [-0.3, -0.25) is 0 Å². The Morgan fingerprint density at radius 3 is 2.87 bits per heavy atom. The van der Waals surface area contributed by atoms with Gasteiger partial charge >= 0.3 is 0 Å². The van der Waals surface area contributed by atoms with Gasteiger partial charge in [-0.25, -0.2) is 0 Å². The first-order valence-electron chi connectivity index (χ1n) is 4.70. The number of hydrogen-bond donors (Lipinski definition) is 1. The zero-order valence-electron chi connectivity index (χ0n) is 8.24. The van der Waals surface area contributed by atoms with E-state index in [9.17, 15) is 5.11 Å². The van der Waals surface area contributed by atoms with Crippen LogP contribution in [-0.4, -0.2) is 5.11 Å². The Hall–Kier alpha value is -0.580. The summed E-state index contributed by atoms with van der Waals surface area (Å²) in [5.74, 6) is 0.848. The second kappa shape index (κ2) is 4.51. The molecule has 0 fully saturated rings. The standard InChI is InChI=1S/C11H11BrO2S/c1-2-10-7(3-4-14-10)11(13)8-5-15-6-9(8)12/h3-6,11,13H,2H2,1H3. The first-order chi connectivity index (χ1) is 7.24. The summed E-state index contributed by atoms with van der Waals surface area (Å²) in [6.45, 7) is 2.01. The summed E-state index contributed by atoms with van der Waals surface area (Å²) < 4.78 is 6.25. The fourth-order valence-electron chi connectivity index (χ4n) is 1.54. The first kappa shape index (κ1) is 10.9. The van der Waals surface area contributed by atoms with Crippen LogP contribution in [0.1, 0.15) is 29.9 Å². The van der Waals surface area contributed by atoms with Gasteiger partial charge in [-0.2, -0.15) is 11.3 Å². The summed E-state index contributed by atoms with van der Waals surface area (Å²) in [5, 5.41) is 14.1. The van der Waals surface area contributed by atoms with Crippen molar-refractivity contribution in [3.63, 3.8) is 0 Å². The number of aliphatic hydroxyl groups excluding tert-OH is 1. The van der Waals surface area contributed by atoms with E-state index in [1.807, 2.05) is 23.8 Å². The van der Waals surface area contributed by atoms with Crippen LogP contribution in [0.4, 0.5) is 0 Å². The lowest BCUT2D eigenvalue weighted by molar-refractivity contribution is 0.217. The monoisotopic (exact) mass is 286 g/mol. The molecule has 0 saturated carbocycles. The van der Waals surface area contributed by atoms with Crippen LogP contribution in [0.15, 0.2) is 32.0 Å². The summed E-state index contributed by atoms with van der Waals surface area (Å²) in [4.78, 5) is 0. The minimum atomic E-state index is -0.598. The number of thiophene rings is 1. The summed E-state index contributed by atoms with van der Waals surface area (Å²) in [6.07, 6.45) is 1.82. The highest BCUT2D eigenvalue weighted by Crippen LogP contribution is 2.33. The molecule has 2 aromatic heterocycles. The van der Waals surface area contributed by atoms with Crippen LogP contribution in [0.3, 0.4) is 0 Å². The van der Waals surface area contributed by atoms with E-state index >= 15 is 0 Å². The second-order valence-corrected chi connectivity index (χ2v) is 4.83. The molecule has 0 saturated heterocycles. The molecule has 1 atom stereocenters. The summed E-state index contributed by atoms with van der Waals surface area (Å²) in [5.41, 5.74) is 1.76. The Bertz CT molecular complexity index is 447. The predicted octanol–water partition coefficient (Wildman–Crippen LogP) is 3.75. The van der Waals surface area contributed by atoms with Crippen molar-refractivity contribution in [2.45, 2.75) is 19.4 Å². The molecule has 2 nitrogen and oxygen atoms in total. The van der Waals surface area contributed by atoms with Gasteiger partial charge in [0.2, 0.25) is 0 Å². The highest BCUT2D eigenvalue weighted by atomic mass is 79.9. The molecule has 15 heavy (non-hydrogen) atoms. The van der Waals surface area contributed by atoms with Crippen LogP contribution >= 0.6 is 27.3 Å². The smallest absolute Gasteiger partial charge is 0.109 e. The zero-order chi connectivity index (χ0) is 10.8. The topological polar surface area (TPSA) is 33.4 Å². The van der Waals surface area contributed by atoms with Crippen molar-refractivity contribution in [1.82, 2.24) is 0 Å². The Morgan fingerprint density at radius 1 is 1.47 bits per heavy atom. The molecule has 2 heterocycles.